The van der Waals surface area contributed by atoms with Crippen LogP contribution in [-0.2, 0) is 26.5 Å². The fraction of sp³-hybridized carbons (Fsp3) is 0.135. The predicted molar refractivity (Wildman–Crippen MR) is 167 cm³/mol. The number of fused-ring (bicyclic) bond motifs is 3. The van der Waals surface area contributed by atoms with Gasteiger partial charge in [0, 0.05) is 38.3 Å². The monoisotopic (exact) mass is 727 g/mol. The van der Waals surface area contributed by atoms with Crippen LogP contribution in [0.2, 0.25) is 0 Å². The maximum Gasteiger partial charge on any atom is 0.140 e. The molecule has 1 N–H and O–H groups in total. The minimum atomic E-state index is -0.307. The average Bonchev–Trinajstić information content (AvgIpc) is 2.99. The molecule has 5 heteroatoms. The standard InChI is InChI=1S/C37H30N3O.Pt/c1-23-18-19-38-34(20-23)40-31-13-9-8-12-29(31)37(3,4)35-28(25-10-6-5-7-11-25)21-26(22-32(35)40)30-16-15-27-24(2)14-17-33(41)36(27)39-30;/h5-21,41H,1-4H3;/q-1;. The van der Waals surface area contributed by atoms with Gasteiger partial charge >= 0.3 is 0 Å². The van der Waals surface area contributed by atoms with Crippen LogP contribution >= 0.6 is 0 Å². The van der Waals surface area contributed by atoms with Crippen molar-refractivity contribution in [1.29, 1.82) is 0 Å². The van der Waals surface area contributed by atoms with Gasteiger partial charge in [0.25, 0.3) is 0 Å². The number of rotatable bonds is 3. The third kappa shape index (κ3) is 4.42. The number of phenols is 1. The van der Waals surface area contributed by atoms with Crippen molar-refractivity contribution in [2.75, 3.05) is 4.90 Å². The molecule has 0 fully saturated rings. The molecule has 6 aromatic rings. The van der Waals surface area contributed by atoms with Gasteiger partial charge < -0.3 is 10.0 Å². The number of benzene rings is 4. The summed E-state index contributed by atoms with van der Waals surface area (Å²) in [5.41, 5.74) is 10.8. The molecule has 4 aromatic carbocycles. The van der Waals surface area contributed by atoms with E-state index in [4.69, 9.17) is 9.97 Å². The van der Waals surface area contributed by atoms with Gasteiger partial charge in [0.1, 0.15) is 17.1 Å². The summed E-state index contributed by atoms with van der Waals surface area (Å²) >= 11 is 0. The summed E-state index contributed by atoms with van der Waals surface area (Å²) in [5.74, 6) is 1.02. The van der Waals surface area contributed by atoms with Crippen LogP contribution in [0.25, 0.3) is 33.3 Å². The molecule has 0 spiro atoms. The molecular formula is C37H30N3OPt-. The van der Waals surface area contributed by atoms with E-state index >= 15 is 0 Å². The fourth-order valence-electron chi connectivity index (χ4n) is 6.18. The van der Waals surface area contributed by atoms with Crippen molar-refractivity contribution in [3.05, 3.63) is 132 Å². The Kier molecular flexibility index (Phi) is 6.99. The maximum atomic E-state index is 10.7. The summed E-state index contributed by atoms with van der Waals surface area (Å²) in [4.78, 5) is 12.0. The van der Waals surface area contributed by atoms with E-state index in [-0.39, 0.29) is 32.2 Å². The molecule has 0 amide bonds. The van der Waals surface area contributed by atoms with Crippen molar-refractivity contribution < 1.29 is 26.2 Å². The fourth-order valence-corrected chi connectivity index (χ4v) is 6.18. The Balaban J connectivity index is 0.00000316. The van der Waals surface area contributed by atoms with E-state index in [1.54, 1.807) is 6.07 Å². The van der Waals surface area contributed by atoms with Gasteiger partial charge in [-0.05, 0) is 77.2 Å². The van der Waals surface area contributed by atoms with Crippen LogP contribution in [0.4, 0.5) is 17.2 Å². The largest absolute Gasteiger partial charge is 0.506 e. The summed E-state index contributed by atoms with van der Waals surface area (Å²) < 4.78 is 0. The van der Waals surface area contributed by atoms with E-state index in [0.29, 0.717) is 5.52 Å². The van der Waals surface area contributed by atoms with Gasteiger partial charge in [0.15, 0.2) is 0 Å². The van der Waals surface area contributed by atoms with Crippen molar-refractivity contribution in [2.24, 2.45) is 0 Å². The van der Waals surface area contributed by atoms with Crippen LogP contribution in [-0.4, -0.2) is 15.1 Å². The van der Waals surface area contributed by atoms with Crippen molar-refractivity contribution in [1.82, 2.24) is 9.97 Å². The number of aromatic hydroxyl groups is 1. The first-order chi connectivity index (χ1) is 19.8. The minimum absolute atomic E-state index is 0. The molecule has 0 bridgehead atoms. The predicted octanol–water partition coefficient (Wildman–Crippen LogP) is 9.19. The van der Waals surface area contributed by atoms with Gasteiger partial charge in [-0.3, -0.25) is 4.98 Å². The number of phenolic OH excluding ortho intramolecular Hbond substituents is 1. The summed E-state index contributed by atoms with van der Waals surface area (Å²) in [7, 11) is 0. The molecule has 0 atom stereocenters. The van der Waals surface area contributed by atoms with Crippen LogP contribution in [0.3, 0.4) is 0 Å². The van der Waals surface area contributed by atoms with E-state index in [9.17, 15) is 5.11 Å². The number of aryl methyl sites for hydroxylation is 2. The second kappa shape index (κ2) is 10.5. The van der Waals surface area contributed by atoms with Crippen molar-refractivity contribution in [3.63, 3.8) is 0 Å². The van der Waals surface area contributed by atoms with Crippen molar-refractivity contribution in [2.45, 2.75) is 33.1 Å². The molecule has 1 aliphatic heterocycles. The van der Waals surface area contributed by atoms with E-state index in [0.717, 1.165) is 56.1 Å². The molecule has 2 aromatic heterocycles. The molecule has 1 aliphatic rings. The van der Waals surface area contributed by atoms with Gasteiger partial charge in [-0.25, -0.2) is 4.98 Å². The van der Waals surface area contributed by atoms with Crippen LogP contribution in [0.5, 0.6) is 5.75 Å². The zero-order valence-corrected chi connectivity index (χ0v) is 26.2. The minimum Gasteiger partial charge on any atom is -0.506 e. The Hall–Kier alpha value is -4.27. The number of pyridine rings is 2. The first-order valence-electron chi connectivity index (χ1n) is 13.9. The zero-order chi connectivity index (χ0) is 28.3. The van der Waals surface area contributed by atoms with Gasteiger partial charge in [-0.1, -0.05) is 91.7 Å². The van der Waals surface area contributed by atoms with Crippen LogP contribution in [0.1, 0.15) is 36.1 Å². The molecule has 0 aliphatic carbocycles. The quantitative estimate of drug-likeness (QED) is 0.185. The Morgan fingerprint density at radius 2 is 1.60 bits per heavy atom. The zero-order valence-electron chi connectivity index (χ0n) is 23.9. The molecule has 0 unspecified atom stereocenters. The first-order valence-corrected chi connectivity index (χ1v) is 13.9. The molecule has 0 saturated carbocycles. The smallest absolute Gasteiger partial charge is 0.140 e. The van der Waals surface area contributed by atoms with Crippen LogP contribution < -0.4 is 4.90 Å². The first kappa shape index (κ1) is 27.9. The SMILES string of the molecule is Cc1ccnc(N2c3[c-]c(-c4ccc5c(C)ccc(O)c5n4)cc(-c4ccccc4)c3C(C)(C)c3ccccc32)c1.[Pt]. The van der Waals surface area contributed by atoms with E-state index < -0.39 is 0 Å². The molecular weight excluding hydrogens is 698 g/mol. The van der Waals surface area contributed by atoms with Gasteiger partial charge in [-0.2, -0.15) is 0 Å². The molecule has 4 nitrogen and oxygen atoms in total. The van der Waals surface area contributed by atoms with E-state index in [1.165, 1.54) is 11.1 Å². The van der Waals surface area contributed by atoms with Crippen molar-refractivity contribution >= 4 is 28.1 Å². The van der Waals surface area contributed by atoms with Crippen LogP contribution in [0, 0.1) is 19.9 Å². The summed E-state index contributed by atoms with van der Waals surface area (Å²) in [5, 5.41) is 11.6. The third-order valence-electron chi connectivity index (χ3n) is 8.26. The maximum absolute atomic E-state index is 10.7. The third-order valence-corrected chi connectivity index (χ3v) is 8.26. The van der Waals surface area contributed by atoms with Gasteiger partial charge in [-0.15, -0.1) is 17.7 Å². The number of hydrogen-bond acceptors (Lipinski definition) is 4. The van der Waals surface area contributed by atoms with E-state index in [1.807, 2.05) is 43.5 Å². The number of anilines is 3. The Labute approximate surface area is 261 Å². The molecule has 210 valence electrons. The second-order valence-corrected chi connectivity index (χ2v) is 11.3. The number of aromatic nitrogens is 2. The second-order valence-electron chi connectivity index (χ2n) is 11.3. The van der Waals surface area contributed by atoms with Gasteiger partial charge in [0.2, 0.25) is 0 Å². The number of nitrogens with zero attached hydrogens (tertiary/aromatic N) is 3. The summed E-state index contributed by atoms with van der Waals surface area (Å²) in [6, 6.07) is 37.0. The Bertz CT molecular complexity index is 1970. The molecule has 42 heavy (non-hydrogen) atoms. The number of hydrogen-bond donors (Lipinski definition) is 1. The topological polar surface area (TPSA) is 49.2 Å². The Morgan fingerprint density at radius 1 is 0.833 bits per heavy atom. The molecule has 0 saturated heterocycles. The molecule has 3 heterocycles. The number of para-hydroxylation sites is 1. The summed E-state index contributed by atoms with van der Waals surface area (Å²) in [6.07, 6.45) is 1.87. The van der Waals surface area contributed by atoms with Gasteiger partial charge in [0.05, 0.1) is 0 Å². The average molecular weight is 728 g/mol. The Morgan fingerprint density at radius 3 is 2.38 bits per heavy atom. The van der Waals surface area contributed by atoms with E-state index in [2.05, 4.69) is 92.4 Å². The van der Waals surface area contributed by atoms with Crippen LogP contribution in [0.15, 0.2) is 103 Å². The molecule has 7 rings (SSSR count). The summed E-state index contributed by atoms with van der Waals surface area (Å²) in [6.45, 7) is 8.71. The van der Waals surface area contributed by atoms with Crippen molar-refractivity contribution in [3.8, 4) is 28.1 Å². The molecule has 0 radical (unpaired) electrons. The normalized spacial score (nSPS) is 13.3.